The summed E-state index contributed by atoms with van der Waals surface area (Å²) in [7, 11) is 3.00. The SMILES string of the molecule is COC(=O)CCCN(C)c1cc(Cl)c(Cl)cc1[N+](=O)[O-]. The molecule has 0 aliphatic rings. The van der Waals surface area contributed by atoms with Gasteiger partial charge in [0.1, 0.15) is 5.69 Å². The van der Waals surface area contributed by atoms with Gasteiger partial charge in [0.05, 0.1) is 22.1 Å². The molecule has 0 bridgehead atoms. The van der Waals surface area contributed by atoms with Crippen LogP contribution in [-0.4, -0.2) is 31.6 Å². The van der Waals surface area contributed by atoms with E-state index < -0.39 is 4.92 Å². The van der Waals surface area contributed by atoms with Gasteiger partial charge in [0.15, 0.2) is 0 Å². The largest absolute Gasteiger partial charge is 0.469 e. The summed E-state index contributed by atoms with van der Waals surface area (Å²) in [4.78, 5) is 23.2. The number of carbonyl (C=O) groups excluding carboxylic acids is 1. The fourth-order valence-corrected chi connectivity index (χ4v) is 1.98. The first-order valence-electron chi connectivity index (χ1n) is 5.78. The van der Waals surface area contributed by atoms with Crippen molar-refractivity contribution in [3.8, 4) is 0 Å². The summed E-state index contributed by atoms with van der Waals surface area (Å²) in [6.45, 7) is 0.452. The zero-order chi connectivity index (χ0) is 15.3. The fraction of sp³-hybridized carbons (Fsp3) is 0.417. The second-order valence-electron chi connectivity index (χ2n) is 4.11. The molecule has 0 aliphatic heterocycles. The topological polar surface area (TPSA) is 72.7 Å². The summed E-state index contributed by atoms with van der Waals surface area (Å²) >= 11 is 11.7. The molecule has 0 spiro atoms. The summed E-state index contributed by atoms with van der Waals surface area (Å²) in [5.41, 5.74) is 0.231. The van der Waals surface area contributed by atoms with Gasteiger partial charge in [-0.25, -0.2) is 0 Å². The number of hydrogen-bond acceptors (Lipinski definition) is 5. The minimum absolute atomic E-state index is 0.125. The Kier molecular flexibility index (Phi) is 6.04. The van der Waals surface area contributed by atoms with E-state index in [4.69, 9.17) is 23.2 Å². The van der Waals surface area contributed by atoms with Crippen molar-refractivity contribution in [1.82, 2.24) is 0 Å². The molecule has 0 saturated heterocycles. The average molecular weight is 321 g/mol. The Morgan fingerprint density at radius 2 is 2.00 bits per heavy atom. The van der Waals surface area contributed by atoms with Crippen LogP contribution in [0.5, 0.6) is 0 Å². The number of rotatable bonds is 6. The molecule has 1 rings (SSSR count). The molecule has 0 N–H and O–H groups in total. The highest BCUT2D eigenvalue weighted by atomic mass is 35.5. The number of benzene rings is 1. The first kappa shape index (κ1) is 16.5. The van der Waals surface area contributed by atoms with Gasteiger partial charge < -0.3 is 9.64 Å². The van der Waals surface area contributed by atoms with Crippen LogP contribution < -0.4 is 4.90 Å². The lowest BCUT2D eigenvalue weighted by atomic mass is 10.2. The van der Waals surface area contributed by atoms with Crippen molar-refractivity contribution < 1.29 is 14.5 Å². The monoisotopic (exact) mass is 320 g/mol. The first-order valence-corrected chi connectivity index (χ1v) is 6.53. The predicted octanol–water partition coefficient (Wildman–Crippen LogP) is 3.29. The Morgan fingerprint density at radius 3 is 2.55 bits per heavy atom. The van der Waals surface area contributed by atoms with Crippen LogP contribution in [0.25, 0.3) is 0 Å². The van der Waals surface area contributed by atoms with E-state index in [1.54, 1.807) is 11.9 Å². The molecule has 0 saturated carbocycles. The zero-order valence-corrected chi connectivity index (χ0v) is 12.6. The molecular weight excluding hydrogens is 307 g/mol. The van der Waals surface area contributed by atoms with Crippen LogP contribution in [0.3, 0.4) is 0 Å². The van der Waals surface area contributed by atoms with Crippen molar-refractivity contribution in [1.29, 1.82) is 0 Å². The lowest BCUT2D eigenvalue weighted by molar-refractivity contribution is -0.384. The number of esters is 1. The smallest absolute Gasteiger partial charge is 0.305 e. The number of nitro benzene ring substituents is 1. The summed E-state index contributed by atoms with van der Waals surface area (Å²) in [5.74, 6) is -0.318. The summed E-state index contributed by atoms with van der Waals surface area (Å²) in [6, 6.07) is 2.66. The van der Waals surface area contributed by atoms with E-state index >= 15 is 0 Å². The highest BCUT2D eigenvalue weighted by molar-refractivity contribution is 6.42. The number of halogens is 2. The molecule has 1 aromatic carbocycles. The molecule has 0 amide bonds. The van der Waals surface area contributed by atoms with Crippen LogP contribution in [0.15, 0.2) is 12.1 Å². The van der Waals surface area contributed by atoms with Crippen molar-refractivity contribution in [3.63, 3.8) is 0 Å². The number of carbonyl (C=O) groups is 1. The van der Waals surface area contributed by atoms with Gasteiger partial charge in [-0.15, -0.1) is 0 Å². The quantitative estimate of drug-likeness (QED) is 0.457. The average Bonchev–Trinajstić information content (AvgIpc) is 2.40. The maximum Gasteiger partial charge on any atom is 0.305 e. The Balaban J connectivity index is 2.86. The molecule has 0 heterocycles. The minimum Gasteiger partial charge on any atom is -0.469 e. The summed E-state index contributed by atoms with van der Waals surface area (Å²) in [5, 5.41) is 11.4. The maximum atomic E-state index is 11.0. The molecule has 20 heavy (non-hydrogen) atoms. The molecule has 0 aliphatic carbocycles. The Labute approximate surface area is 126 Å². The molecule has 0 radical (unpaired) electrons. The van der Waals surface area contributed by atoms with E-state index in [1.807, 2.05) is 0 Å². The molecule has 0 fully saturated rings. The number of ether oxygens (including phenoxy) is 1. The highest BCUT2D eigenvalue weighted by Gasteiger charge is 2.20. The van der Waals surface area contributed by atoms with Crippen LogP contribution in [0.1, 0.15) is 12.8 Å². The van der Waals surface area contributed by atoms with Crippen molar-refractivity contribution in [2.24, 2.45) is 0 Å². The summed E-state index contributed by atoms with van der Waals surface area (Å²) < 4.78 is 4.53. The van der Waals surface area contributed by atoms with Crippen molar-refractivity contribution in [2.45, 2.75) is 12.8 Å². The number of methoxy groups -OCH3 is 1. The van der Waals surface area contributed by atoms with E-state index in [-0.39, 0.29) is 28.1 Å². The third-order valence-electron chi connectivity index (χ3n) is 2.73. The van der Waals surface area contributed by atoms with Crippen LogP contribution in [0.4, 0.5) is 11.4 Å². The number of hydrogen-bond donors (Lipinski definition) is 0. The van der Waals surface area contributed by atoms with Gasteiger partial charge in [-0.2, -0.15) is 0 Å². The minimum atomic E-state index is -0.519. The number of nitro groups is 1. The third kappa shape index (κ3) is 4.25. The molecule has 0 aromatic heterocycles. The van der Waals surface area contributed by atoms with Gasteiger partial charge in [0.25, 0.3) is 5.69 Å². The third-order valence-corrected chi connectivity index (χ3v) is 3.45. The molecule has 8 heteroatoms. The second-order valence-corrected chi connectivity index (χ2v) is 4.93. The van der Waals surface area contributed by atoms with Gasteiger partial charge in [0, 0.05) is 26.1 Å². The van der Waals surface area contributed by atoms with Crippen LogP contribution in [0.2, 0.25) is 10.0 Å². The second kappa shape index (κ2) is 7.31. The molecule has 0 atom stereocenters. The Bertz CT molecular complexity index is 522. The molecule has 6 nitrogen and oxygen atoms in total. The standard InChI is InChI=1S/C12H14Cl2N2O4/c1-15(5-3-4-12(17)20-2)10-6-8(13)9(14)7-11(10)16(18)19/h6-7H,3-5H2,1-2H3. The first-order chi connectivity index (χ1) is 9.36. The van der Waals surface area contributed by atoms with Crippen LogP contribution in [0, 0.1) is 10.1 Å². The lowest BCUT2D eigenvalue weighted by Crippen LogP contribution is -2.20. The van der Waals surface area contributed by atoms with Gasteiger partial charge in [-0.1, -0.05) is 23.2 Å². The van der Waals surface area contributed by atoms with Crippen LogP contribution in [-0.2, 0) is 9.53 Å². The Morgan fingerprint density at radius 1 is 1.40 bits per heavy atom. The van der Waals surface area contributed by atoms with Crippen molar-refractivity contribution in [2.75, 3.05) is 25.6 Å². The van der Waals surface area contributed by atoms with Gasteiger partial charge in [-0.3, -0.25) is 14.9 Å². The molecule has 0 unspecified atom stereocenters. The lowest BCUT2D eigenvalue weighted by Gasteiger charge is -2.19. The van der Waals surface area contributed by atoms with E-state index in [0.717, 1.165) is 0 Å². The zero-order valence-electron chi connectivity index (χ0n) is 11.1. The fourth-order valence-electron chi connectivity index (χ4n) is 1.66. The number of nitrogens with zero attached hydrogens (tertiary/aromatic N) is 2. The predicted molar refractivity (Wildman–Crippen MR) is 77.6 cm³/mol. The Hall–Kier alpha value is -1.53. The van der Waals surface area contributed by atoms with E-state index in [2.05, 4.69) is 4.74 Å². The highest BCUT2D eigenvalue weighted by Crippen LogP contribution is 2.35. The maximum absolute atomic E-state index is 11.0. The summed E-state index contributed by atoms with van der Waals surface area (Å²) in [6.07, 6.45) is 0.760. The van der Waals surface area contributed by atoms with Crippen molar-refractivity contribution in [3.05, 3.63) is 32.3 Å². The normalized spacial score (nSPS) is 10.2. The van der Waals surface area contributed by atoms with E-state index in [1.165, 1.54) is 19.2 Å². The number of anilines is 1. The molecule has 1 aromatic rings. The van der Waals surface area contributed by atoms with Gasteiger partial charge >= 0.3 is 5.97 Å². The van der Waals surface area contributed by atoms with Crippen LogP contribution >= 0.6 is 23.2 Å². The molecule has 110 valence electrons. The van der Waals surface area contributed by atoms with E-state index in [9.17, 15) is 14.9 Å². The molecular formula is C12H14Cl2N2O4. The van der Waals surface area contributed by atoms with E-state index in [0.29, 0.717) is 18.7 Å². The van der Waals surface area contributed by atoms with Gasteiger partial charge in [-0.05, 0) is 12.5 Å². The van der Waals surface area contributed by atoms with Gasteiger partial charge in [0.2, 0.25) is 0 Å². The van der Waals surface area contributed by atoms with Crippen molar-refractivity contribution >= 4 is 40.5 Å².